The Balaban J connectivity index is 2.05. The average molecular weight is 403 g/mol. The molecule has 0 radical (unpaired) electrons. The Hall–Kier alpha value is -1.91. The Labute approximate surface area is 152 Å². The minimum absolute atomic E-state index is 0.0176. The fourth-order valence-electron chi connectivity index (χ4n) is 3.38. The van der Waals surface area contributed by atoms with E-state index in [1.165, 1.54) is 0 Å². The van der Waals surface area contributed by atoms with Gasteiger partial charge in [0.2, 0.25) is 0 Å². The van der Waals surface area contributed by atoms with E-state index < -0.39 is 0 Å². The van der Waals surface area contributed by atoms with Crippen molar-refractivity contribution < 1.29 is 9.59 Å². The van der Waals surface area contributed by atoms with E-state index >= 15 is 0 Å². The number of fused-ring (bicyclic) bond motifs is 3. The number of ketones is 1. The summed E-state index contributed by atoms with van der Waals surface area (Å²) in [6.45, 7) is 0. The van der Waals surface area contributed by atoms with Gasteiger partial charge in [-0.15, -0.1) is 0 Å². The molecule has 4 rings (SSSR count). The molecule has 0 unspecified atom stereocenters. The van der Waals surface area contributed by atoms with Crippen molar-refractivity contribution in [2.75, 3.05) is 0 Å². The summed E-state index contributed by atoms with van der Waals surface area (Å²) in [5, 5.41) is 1.34. The average Bonchev–Trinajstić information content (AvgIpc) is 2.90. The molecule has 24 heavy (non-hydrogen) atoms. The molecule has 5 heteroatoms. The molecule has 0 fully saturated rings. The summed E-state index contributed by atoms with van der Waals surface area (Å²) in [6, 6.07) is 12.7. The smallest absolute Gasteiger partial charge is 0.264 e. The highest BCUT2D eigenvalue weighted by Gasteiger charge is 2.29. The number of aromatic nitrogens is 1. The predicted molar refractivity (Wildman–Crippen MR) is 98.1 cm³/mol. The minimum Gasteiger partial charge on any atom is -0.293 e. The molecule has 0 amide bonds. The van der Waals surface area contributed by atoms with Gasteiger partial charge in [-0.1, -0.05) is 39.7 Å². The molecule has 0 saturated carbocycles. The highest BCUT2D eigenvalue weighted by molar-refractivity contribution is 9.10. The first-order valence-corrected chi connectivity index (χ1v) is 8.90. The normalized spacial score (nSPS) is 14.0. The quantitative estimate of drug-likeness (QED) is 0.556. The number of hydrogen-bond donors (Lipinski definition) is 0. The summed E-state index contributed by atoms with van der Waals surface area (Å²) < 4.78 is 2.47. The highest BCUT2D eigenvalue weighted by Crippen LogP contribution is 2.34. The van der Waals surface area contributed by atoms with Crippen LogP contribution < -0.4 is 0 Å². The van der Waals surface area contributed by atoms with E-state index in [9.17, 15) is 9.59 Å². The summed E-state index contributed by atoms with van der Waals surface area (Å²) in [4.78, 5) is 25.7. The lowest BCUT2D eigenvalue weighted by molar-refractivity contribution is 0.0913. The summed E-state index contributed by atoms with van der Waals surface area (Å²) in [6.07, 6.45) is 2.09. The van der Waals surface area contributed by atoms with Crippen LogP contribution in [0.3, 0.4) is 0 Å². The van der Waals surface area contributed by atoms with Gasteiger partial charge in [-0.25, -0.2) is 0 Å². The summed E-state index contributed by atoms with van der Waals surface area (Å²) >= 11 is 9.68. The molecular formula is C19H13BrClNO2. The predicted octanol–water partition coefficient (Wildman–Crippen LogP) is 5.26. The standard InChI is InChI=1S/C19H13BrClNO2/c20-11-8-9-16-14(10-11)12-5-3-7-17(23)18(12)22(16)19(24)13-4-1-2-6-15(13)21/h1-2,4,6,8-10H,3,5,7H2. The van der Waals surface area contributed by atoms with E-state index in [1.807, 2.05) is 18.2 Å². The first kappa shape index (κ1) is 15.6. The molecule has 1 aromatic heterocycles. The van der Waals surface area contributed by atoms with Crippen molar-refractivity contribution in [1.82, 2.24) is 4.57 Å². The van der Waals surface area contributed by atoms with Crippen molar-refractivity contribution in [2.24, 2.45) is 0 Å². The van der Waals surface area contributed by atoms with Gasteiger partial charge in [0, 0.05) is 16.3 Å². The SMILES string of the molecule is O=C1CCCc2c1n(C(=O)c1ccccc1Cl)c1ccc(Br)cc21. The molecular weight excluding hydrogens is 390 g/mol. The van der Waals surface area contributed by atoms with Crippen molar-refractivity contribution in [2.45, 2.75) is 19.3 Å². The Morgan fingerprint density at radius 2 is 1.92 bits per heavy atom. The zero-order chi connectivity index (χ0) is 16.8. The van der Waals surface area contributed by atoms with Crippen LogP contribution in [0.25, 0.3) is 10.9 Å². The number of nitrogens with zero attached hydrogens (tertiary/aromatic N) is 1. The van der Waals surface area contributed by atoms with Gasteiger partial charge in [-0.05, 0) is 48.7 Å². The van der Waals surface area contributed by atoms with Crippen LogP contribution in [0.5, 0.6) is 0 Å². The number of benzene rings is 2. The van der Waals surface area contributed by atoms with Crippen LogP contribution in [-0.2, 0) is 6.42 Å². The number of carbonyl (C=O) groups excluding carboxylic acids is 2. The van der Waals surface area contributed by atoms with Gasteiger partial charge in [0.1, 0.15) is 0 Å². The molecule has 0 spiro atoms. The van der Waals surface area contributed by atoms with E-state index in [0.29, 0.717) is 22.7 Å². The Bertz CT molecular complexity index is 1010. The number of aryl methyl sites for hydroxylation is 1. The fraction of sp³-hybridized carbons (Fsp3) is 0.158. The monoisotopic (exact) mass is 401 g/mol. The van der Waals surface area contributed by atoms with Crippen LogP contribution in [0.1, 0.15) is 39.3 Å². The van der Waals surface area contributed by atoms with Crippen LogP contribution >= 0.6 is 27.5 Å². The van der Waals surface area contributed by atoms with Crippen LogP contribution in [0, 0.1) is 0 Å². The minimum atomic E-state index is -0.260. The third kappa shape index (κ3) is 2.33. The molecule has 0 saturated heterocycles. The maximum atomic E-state index is 13.2. The van der Waals surface area contributed by atoms with Crippen LogP contribution in [0.4, 0.5) is 0 Å². The third-order valence-electron chi connectivity index (χ3n) is 4.44. The summed E-state index contributed by atoms with van der Waals surface area (Å²) in [5.74, 6) is -0.242. The topological polar surface area (TPSA) is 39.1 Å². The number of carbonyl (C=O) groups is 2. The first-order chi connectivity index (χ1) is 11.6. The molecule has 120 valence electrons. The van der Waals surface area contributed by atoms with Gasteiger partial charge in [-0.3, -0.25) is 14.2 Å². The van der Waals surface area contributed by atoms with Crippen molar-refractivity contribution in [1.29, 1.82) is 0 Å². The number of rotatable bonds is 1. The fourth-order valence-corrected chi connectivity index (χ4v) is 3.96. The lowest BCUT2D eigenvalue weighted by Gasteiger charge is -2.14. The Morgan fingerprint density at radius 3 is 2.71 bits per heavy atom. The molecule has 2 aromatic carbocycles. The van der Waals surface area contributed by atoms with E-state index in [0.717, 1.165) is 33.8 Å². The van der Waals surface area contributed by atoms with Crippen LogP contribution in [0.15, 0.2) is 46.9 Å². The second-order valence-corrected chi connectivity index (χ2v) is 7.21. The Morgan fingerprint density at radius 1 is 1.12 bits per heavy atom. The van der Waals surface area contributed by atoms with Crippen molar-refractivity contribution in [3.8, 4) is 0 Å². The summed E-state index contributed by atoms with van der Waals surface area (Å²) in [7, 11) is 0. The third-order valence-corrected chi connectivity index (χ3v) is 5.26. The zero-order valence-electron chi connectivity index (χ0n) is 12.7. The van der Waals surface area contributed by atoms with Crippen molar-refractivity contribution in [3.05, 3.63) is 68.8 Å². The number of hydrogen-bond acceptors (Lipinski definition) is 2. The Kier molecular flexibility index (Phi) is 3.82. The molecule has 0 aliphatic heterocycles. The van der Waals surface area contributed by atoms with Gasteiger partial charge < -0.3 is 0 Å². The molecule has 1 aliphatic carbocycles. The largest absolute Gasteiger partial charge is 0.293 e. The second kappa shape index (κ2) is 5.87. The molecule has 0 atom stereocenters. The number of halogens is 2. The van der Waals surface area contributed by atoms with Crippen molar-refractivity contribution in [3.63, 3.8) is 0 Å². The highest BCUT2D eigenvalue weighted by atomic mass is 79.9. The van der Waals surface area contributed by atoms with E-state index in [-0.39, 0.29) is 11.7 Å². The maximum absolute atomic E-state index is 13.2. The van der Waals surface area contributed by atoms with Gasteiger partial charge in [0.05, 0.1) is 21.8 Å². The van der Waals surface area contributed by atoms with Gasteiger partial charge >= 0.3 is 0 Å². The van der Waals surface area contributed by atoms with Gasteiger partial charge in [0.15, 0.2) is 5.78 Å². The molecule has 3 nitrogen and oxygen atoms in total. The summed E-state index contributed by atoms with van der Waals surface area (Å²) in [5.41, 5.74) is 2.63. The molecule has 0 N–H and O–H groups in total. The first-order valence-electron chi connectivity index (χ1n) is 7.73. The lowest BCUT2D eigenvalue weighted by Crippen LogP contribution is -2.21. The van der Waals surface area contributed by atoms with Crippen molar-refractivity contribution >= 4 is 50.1 Å². The van der Waals surface area contributed by atoms with Gasteiger partial charge in [-0.2, -0.15) is 0 Å². The van der Waals surface area contributed by atoms with Gasteiger partial charge in [0.25, 0.3) is 5.91 Å². The van der Waals surface area contributed by atoms with E-state index in [1.54, 1.807) is 28.8 Å². The molecule has 3 aromatic rings. The molecule has 0 bridgehead atoms. The van der Waals surface area contributed by atoms with E-state index in [2.05, 4.69) is 15.9 Å². The van der Waals surface area contributed by atoms with Crippen LogP contribution in [0.2, 0.25) is 5.02 Å². The van der Waals surface area contributed by atoms with Crippen LogP contribution in [-0.4, -0.2) is 16.3 Å². The lowest BCUT2D eigenvalue weighted by atomic mass is 9.94. The maximum Gasteiger partial charge on any atom is 0.264 e. The molecule has 1 aliphatic rings. The second-order valence-electron chi connectivity index (χ2n) is 5.89. The van der Waals surface area contributed by atoms with E-state index in [4.69, 9.17) is 11.6 Å². The zero-order valence-corrected chi connectivity index (χ0v) is 15.0. The number of Topliss-reactive ketones (excluding diaryl/α,β-unsaturated/α-hetero) is 1. The molecule has 1 heterocycles.